The van der Waals surface area contributed by atoms with Gasteiger partial charge in [-0.3, -0.25) is 4.79 Å². The van der Waals surface area contributed by atoms with E-state index in [4.69, 9.17) is 19.9 Å². The molecule has 1 aromatic rings. The van der Waals surface area contributed by atoms with Gasteiger partial charge < -0.3 is 24.8 Å². The molecule has 0 amide bonds. The SMILES string of the molecule is C=CCOc1c(Br)cc([C@@H]2C(C#N)=C(N)N(CCOC)C3=C2C(=O)CC(C)(C)C3)cc1OC. The molecule has 0 bridgehead atoms. The van der Waals surface area contributed by atoms with Crippen LogP contribution in [0.4, 0.5) is 0 Å². The van der Waals surface area contributed by atoms with E-state index in [-0.39, 0.29) is 11.2 Å². The Kier molecular flexibility index (Phi) is 7.55. The van der Waals surface area contributed by atoms with E-state index >= 15 is 0 Å². The van der Waals surface area contributed by atoms with Crippen LogP contribution in [0.15, 0.2) is 51.9 Å². The molecule has 8 heteroatoms. The van der Waals surface area contributed by atoms with Crippen molar-refractivity contribution in [1.29, 1.82) is 5.26 Å². The summed E-state index contributed by atoms with van der Waals surface area (Å²) in [5.74, 6) is 0.803. The Morgan fingerprint density at radius 1 is 1.36 bits per heavy atom. The fraction of sp³-hybridized carbons (Fsp3) is 0.440. The number of carbonyl (C=O) groups excluding carboxylic acids is 1. The number of nitriles is 1. The molecule has 0 saturated heterocycles. The molecule has 0 saturated carbocycles. The molecule has 0 radical (unpaired) electrons. The summed E-state index contributed by atoms with van der Waals surface area (Å²) in [7, 11) is 3.16. The normalized spacial score (nSPS) is 19.8. The van der Waals surface area contributed by atoms with Crippen molar-refractivity contribution >= 4 is 21.7 Å². The van der Waals surface area contributed by atoms with E-state index in [2.05, 4.69) is 42.4 Å². The molecule has 2 aliphatic rings. The molecule has 1 atom stereocenters. The second-order valence-corrected chi connectivity index (χ2v) is 9.78. The fourth-order valence-corrected chi connectivity index (χ4v) is 5.11. The second-order valence-electron chi connectivity index (χ2n) is 8.92. The minimum atomic E-state index is -0.592. The van der Waals surface area contributed by atoms with Gasteiger partial charge in [-0.2, -0.15) is 5.26 Å². The largest absolute Gasteiger partial charge is 0.493 e. The molecule has 0 spiro atoms. The van der Waals surface area contributed by atoms with E-state index < -0.39 is 5.92 Å². The first-order valence-electron chi connectivity index (χ1n) is 10.7. The smallest absolute Gasteiger partial charge is 0.175 e. The van der Waals surface area contributed by atoms with Gasteiger partial charge in [-0.15, -0.1) is 0 Å². The summed E-state index contributed by atoms with van der Waals surface area (Å²) in [6.45, 7) is 9.02. The minimum absolute atomic E-state index is 0.0241. The number of methoxy groups -OCH3 is 2. The predicted molar refractivity (Wildman–Crippen MR) is 130 cm³/mol. The van der Waals surface area contributed by atoms with Crippen LogP contribution in [0.5, 0.6) is 11.5 Å². The second kappa shape index (κ2) is 10.0. The van der Waals surface area contributed by atoms with Crippen LogP contribution in [0.3, 0.4) is 0 Å². The van der Waals surface area contributed by atoms with Crippen LogP contribution in [-0.2, 0) is 9.53 Å². The van der Waals surface area contributed by atoms with Gasteiger partial charge >= 0.3 is 0 Å². The Balaban J connectivity index is 2.23. The molecule has 1 aliphatic carbocycles. The molecule has 7 nitrogen and oxygen atoms in total. The first-order valence-corrected chi connectivity index (χ1v) is 11.5. The zero-order valence-corrected chi connectivity index (χ0v) is 21.1. The van der Waals surface area contributed by atoms with Gasteiger partial charge in [0.1, 0.15) is 12.4 Å². The summed E-state index contributed by atoms with van der Waals surface area (Å²) in [6, 6.07) is 5.94. The van der Waals surface area contributed by atoms with Crippen LogP contribution >= 0.6 is 15.9 Å². The highest BCUT2D eigenvalue weighted by Gasteiger charge is 2.44. The van der Waals surface area contributed by atoms with E-state index in [0.29, 0.717) is 65.5 Å². The van der Waals surface area contributed by atoms with Gasteiger partial charge in [0.05, 0.1) is 35.7 Å². The molecular weight excluding hydrogens is 486 g/mol. The van der Waals surface area contributed by atoms with Crippen molar-refractivity contribution in [2.75, 3.05) is 34.0 Å². The maximum absolute atomic E-state index is 13.5. The fourth-order valence-electron chi connectivity index (χ4n) is 4.54. The van der Waals surface area contributed by atoms with Crippen molar-refractivity contribution in [1.82, 2.24) is 4.90 Å². The van der Waals surface area contributed by atoms with Crippen LogP contribution in [0, 0.1) is 16.7 Å². The van der Waals surface area contributed by atoms with Gasteiger partial charge in [-0.25, -0.2) is 0 Å². The van der Waals surface area contributed by atoms with Crippen LogP contribution in [0.25, 0.3) is 0 Å². The van der Waals surface area contributed by atoms with Crippen LogP contribution in [0.1, 0.15) is 38.2 Å². The number of rotatable bonds is 8. The summed E-state index contributed by atoms with van der Waals surface area (Å²) >= 11 is 3.56. The summed E-state index contributed by atoms with van der Waals surface area (Å²) in [5.41, 5.74) is 8.89. The van der Waals surface area contributed by atoms with E-state index in [1.54, 1.807) is 26.4 Å². The summed E-state index contributed by atoms with van der Waals surface area (Å²) < 4.78 is 17.2. The van der Waals surface area contributed by atoms with Gasteiger partial charge in [0.2, 0.25) is 0 Å². The predicted octanol–water partition coefficient (Wildman–Crippen LogP) is 4.41. The summed E-state index contributed by atoms with van der Waals surface area (Å²) in [5, 5.41) is 10.1. The maximum Gasteiger partial charge on any atom is 0.175 e. The Bertz CT molecular complexity index is 1070. The lowest BCUT2D eigenvalue weighted by Gasteiger charge is -2.43. The van der Waals surface area contributed by atoms with Gasteiger partial charge in [0.15, 0.2) is 17.3 Å². The zero-order valence-electron chi connectivity index (χ0n) is 19.5. The molecule has 1 aromatic carbocycles. The first kappa shape index (κ1) is 24.9. The van der Waals surface area contributed by atoms with Gasteiger partial charge in [0.25, 0.3) is 0 Å². The van der Waals surface area contributed by atoms with E-state index in [1.165, 1.54) is 0 Å². The van der Waals surface area contributed by atoms with Crippen molar-refractivity contribution in [2.45, 2.75) is 32.6 Å². The first-order chi connectivity index (χ1) is 15.7. The standard InChI is InChI=1S/C25H30BrN3O4/c1-6-8-33-23-17(26)10-15(11-20(23)32-5)21-16(14-27)24(28)29(7-9-31-4)18-12-25(2,3)13-19(30)22(18)21/h6,10-11,21H,1,7-9,12-13,28H2,2-5H3/t21-/m1/s1. The van der Waals surface area contributed by atoms with Gasteiger partial charge in [0, 0.05) is 31.3 Å². The van der Waals surface area contributed by atoms with Crippen molar-refractivity contribution < 1.29 is 19.0 Å². The van der Waals surface area contributed by atoms with E-state index in [9.17, 15) is 10.1 Å². The highest BCUT2D eigenvalue weighted by Crippen LogP contribution is 2.50. The molecule has 0 fully saturated rings. The lowest BCUT2D eigenvalue weighted by molar-refractivity contribution is -0.118. The number of benzene rings is 1. The van der Waals surface area contributed by atoms with E-state index in [1.807, 2.05) is 11.0 Å². The monoisotopic (exact) mass is 515 g/mol. The Morgan fingerprint density at radius 2 is 2.09 bits per heavy atom. The topological polar surface area (TPSA) is 97.8 Å². The van der Waals surface area contributed by atoms with Crippen LogP contribution in [0.2, 0.25) is 0 Å². The number of hydrogen-bond donors (Lipinski definition) is 1. The molecule has 1 heterocycles. The van der Waals surface area contributed by atoms with Crippen molar-refractivity contribution in [3.05, 3.63) is 57.5 Å². The summed E-state index contributed by atoms with van der Waals surface area (Å²) in [4.78, 5) is 15.4. The molecule has 3 rings (SSSR count). The highest BCUT2D eigenvalue weighted by molar-refractivity contribution is 9.10. The average Bonchev–Trinajstić information content (AvgIpc) is 2.75. The van der Waals surface area contributed by atoms with Crippen LogP contribution < -0.4 is 15.2 Å². The summed E-state index contributed by atoms with van der Waals surface area (Å²) in [6.07, 6.45) is 2.72. The van der Waals surface area contributed by atoms with Crippen molar-refractivity contribution in [2.24, 2.45) is 11.1 Å². The number of ketones is 1. The lowest BCUT2D eigenvalue weighted by atomic mass is 9.68. The van der Waals surface area contributed by atoms with Gasteiger partial charge in [-0.1, -0.05) is 26.5 Å². The number of nitrogens with two attached hydrogens (primary N) is 1. The Labute approximate surface area is 203 Å². The molecule has 176 valence electrons. The molecule has 33 heavy (non-hydrogen) atoms. The molecule has 0 aromatic heterocycles. The number of allylic oxidation sites excluding steroid dienone is 3. The number of hydrogen-bond acceptors (Lipinski definition) is 7. The maximum atomic E-state index is 13.5. The number of nitrogens with zero attached hydrogens (tertiary/aromatic N) is 2. The number of halogens is 1. The third-order valence-corrected chi connectivity index (χ3v) is 6.53. The molecular formula is C25H30BrN3O4. The Hall–Kier alpha value is -2.76. The van der Waals surface area contributed by atoms with E-state index in [0.717, 1.165) is 11.3 Å². The van der Waals surface area contributed by atoms with Gasteiger partial charge in [-0.05, 0) is 45.5 Å². The average molecular weight is 516 g/mol. The Morgan fingerprint density at radius 3 is 2.70 bits per heavy atom. The number of carbonyl (C=O) groups is 1. The zero-order chi connectivity index (χ0) is 24.3. The van der Waals surface area contributed by atoms with Crippen LogP contribution in [-0.4, -0.2) is 44.7 Å². The minimum Gasteiger partial charge on any atom is -0.493 e. The number of Topliss-reactive ketones (excluding diaryl/α,β-unsaturated/α-hetero) is 1. The van der Waals surface area contributed by atoms with Crippen molar-refractivity contribution in [3.8, 4) is 17.6 Å². The highest BCUT2D eigenvalue weighted by atomic mass is 79.9. The quantitative estimate of drug-likeness (QED) is 0.512. The molecule has 2 N–H and O–H groups in total. The van der Waals surface area contributed by atoms with Crippen molar-refractivity contribution in [3.63, 3.8) is 0 Å². The lowest BCUT2D eigenvalue weighted by Crippen LogP contribution is -2.43. The molecule has 1 aliphatic heterocycles. The third-order valence-electron chi connectivity index (χ3n) is 5.94. The molecule has 0 unspecified atom stereocenters. The number of ether oxygens (including phenoxy) is 3. The third kappa shape index (κ3) is 4.80.